The number of benzene rings is 2. The van der Waals surface area contributed by atoms with Gasteiger partial charge in [-0.2, -0.15) is 0 Å². The standard InChI is InChI=1S/C20H17FN2O3S/c1-13(26-18(24)11-14-7-9-16(21)10-8-14)19(25)23-20-22-17(12-27-20)15-5-3-2-4-6-15/h2-10,12-13H,11H2,1H3,(H,22,23,25)/t13-/m1/s1. The number of thiazole rings is 1. The molecule has 0 radical (unpaired) electrons. The van der Waals surface area contributed by atoms with Crippen molar-refractivity contribution in [3.05, 3.63) is 71.4 Å². The van der Waals surface area contributed by atoms with Crippen molar-refractivity contribution in [2.75, 3.05) is 5.32 Å². The van der Waals surface area contributed by atoms with E-state index in [4.69, 9.17) is 4.74 Å². The van der Waals surface area contributed by atoms with E-state index in [2.05, 4.69) is 10.3 Å². The van der Waals surface area contributed by atoms with E-state index in [1.165, 1.54) is 42.5 Å². The zero-order chi connectivity index (χ0) is 19.2. The predicted molar refractivity (Wildman–Crippen MR) is 102 cm³/mol. The molecule has 138 valence electrons. The number of ether oxygens (including phenoxy) is 1. The normalized spacial score (nSPS) is 11.6. The van der Waals surface area contributed by atoms with E-state index in [0.717, 1.165) is 11.3 Å². The Morgan fingerprint density at radius 1 is 1.15 bits per heavy atom. The van der Waals surface area contributed by atoms with E-state index < -0.39 is 18.0 Å². The number of nitrogens with one attached hydrogen (secondary N) is 1. The second-order valence-corrected chi connectivity index (χ2v) is 6.69. The maximum absolute atomic E-state index is 12.9. The van der Waals surface area contributed by atoms with Crippen molar-refractivity contribution in [1.29, 1.82) is 0 Å². The highest BCUT2D eigenvalue weighted by atomic mass is 32.1. The van der Waals surface area contributed by atoms with E-state index in [9.17, 15) is 14.0 Å². The van der Waals surface area contributed by atoms with Gasteiger partial charge in [0.25, 0.3) is 5.91 Å². The van der Waals surface area contributed by atoms with Crippen LogP contribution in [0.4, 0.5) is 9.52 Å². The highest BCUT2D eigenvalue weighted by Crippen LogP contribution is 2.24. The number of hydrogen-bond acceptors (Lipinski definition) is 5. The van der Waals surface area contributed by atoms with Crippen molar-refractivity contribution < 1.29 is 18.7 Å². The predicted octanol–water partition coefficient (Wildman–Crippen LogP) is 4.06. The van der Waals surface area contributed by atoms with Crippen molar-refractivity contribution >= 4 is 28.3 Å². The van der Waals surface area contributed by atoms with E-state index >= 15 is 0 Å². The number of carbonyl (C=O) groups is 2. The minimum atomic E-state index is -0.970. The number of aromatic nitrogens is 1. The Balaban J connectivity index is 1.54. The summed E-state index contributed by atoms with van der Waals surface area (Å²) in [6.07, 6.45) is -1.00. The number of hydrogen-bond donors (Lipinski definition) is 1. The number of rotatable bonds is 6. The molecule has 0 bridgehead atoms. The van der Waals surface area contributed by atoms with Crippen LogP contribution in [0, 0.1) is 5.82 Å². The summed E-state index contributed by atoms with van der Waals surface area (Å²) in [5.74, 6) is -1.40. The molecule has 0 aliphatic carbocycles. The van der Waals surface area contributed by atoms with Crippen molar-refractivity contribution in [1.82, 2.24) is 4.98 Å². The lowest BCUT2D eigenvalue weighted by molar-refractivity contribution is -0.152. The lowest BCUT2D eigenvalue weighted by atomic mass is 10.1. The Bertz CT molecular complexity index is 926. The van der Waals surface area contributed by atoms with Crippen LogP contribution in [0.15, 0.2) is 60.0 Å². The summed E-state index contributed by atoms with van der Waals surface area (Å²) in [6.45, 7) is 1.49. The van der Waals surface area contributed by atoms with Crippen molar-refractivity contribution in [3.63, 3.8) is 0 Å². The van der Waals surface area contributed by atoms with Crippen LogP contribution in [0.3, 0.4) is 0 Å². The molecule has 1 heterocycles. The molecule has 0 saturated carbocycles. The zero-order valence-electron chi connectivity index (χ0n) is 14.5. The average molecular weight is 384 g/mol. The number of halogens is 1. The summed E-state index contributed by atoms with van der Waals surface area (Å²) in [5.41, 5.74) is 2.33. The Hall–Kier alpha value is -3.06. The molecular weight excluding hydrogens is 367 g/mol. The summed E-state index contributed by atoms with van der Waals surface area (Å²) < 4.78 is 18.0. The highest BCUT2D eigenvalue weighted by molar-refractivity contribution is 7.14. The third-order valence-corrected chi connectivity index (χ3v) is 4.50. The minimum Gasteiger partial charge on any atom is -0.452 e. The number of amides is 1. The van der Waals surface area contributed by atoms with E-state index in [1.807, 2.05) is 35.7 Å². The van der Waals surface area contributed by atoms with Gasteiger partial charge in [0.1, 0.15) is 5.82 Å². The molecule has 1 amide bonds. The minimum absolute atomic E-state index is 0.0344. The summed E-state index contributed by atoms with van der Waals surface area (Å²) in [7, 11) is 0. The molecule has 0 spiro atoms. The molecule has 0 fully saturated rings. The van der Waals surface area contributed by atoms with Gasteiger partial charge in [-0.1, -0.05) is 42.5 Å². The van der Waals surface area contributed by atoms with Gasteiger partial charge in [-0.3, -0.25) is 14.9 Å². The van der Waals surface area contributed by atoms with Crippen LogP contribution in [0.1, 0.15) is 12.5 Å². The zero-order valence-corrected chi connectivity index (χ0v) is 15.3. The average Bonchev–Trinajstić information content (AvgIpc) is 3.12. The van der Waals surface area contributed by atoms with Gasteiger partial charge in [0.2, 0.25) is 0 Å². The van der Waals surface area contributed by atoms with Gasteiger partial charge in [0, 0.05) is 10.9 Å². The first-order valence-electron chi connectivity index (χ1n) is 8.27. The molecule has 1 aromatic heterocycles. The van der Waals surface area contributed by atoms with Crippen molar-refractivity contribution in [2.45, 2.75) is 19.4 Å². The lowest BCUT2D eigenvalue weighted by Gasteiger charge is -2.12. The van der Waals surface area contributed by atoms with Gasteiger partial charge >= 0.3 is 5.97 Å². The van der Waals surface area contributed by atoms with Crippen molar-refractivity contribution in [2.24, 2.45) is 0 Å². The summed E-state index contributed by atoms with van der Waals surface area (Å²) in [6, 6.07) is 15.1. The molecular formula is C20H17FN2O3S. The van der Waals surface area contributed by atoms with Gasteiger partial charge in [-0.05, 0) is 24.6 Å². The first-order valence-corrected chi connectivity index (χ1v) is 9.15. The molecule has 3 aromatic rings. The van der Waals surface area contributed by atoms with Gasteiger partial charge in [-0.25, -0.2) is 9.37 Å². The highest BCUT2D eigenvalue weighted by Gasteiger charge is 2.19. The summed E-state index contributed by atoms with van der Waals surface area (Å²) in [4.78, 5) is 28.5. The molecule has 3 rings (SSSR count). The molecule has 0 unspecified atom stereocenters. The molecule has 0 saturated heterocycles. The van der Waals surface area contributed by atoms with Gasteiger partial charge in [0.15, 0.2) is 11.2 Å². The van der Waals surface area contributed by atoms with Crippen LogP contribution in [0.5, 0.6) is 0 Å². The third kappa shape index (κ3) is 5.21. The van der Waals surface area contributed by atoms with Crippen molar-refractivity contribution in [3.8, 4) is 11.3 Å². The fourth-order valence-electron chi connectivity index (χ4n) is 2.34. The molecule has 0 aliphatic heterocycles. The maximum Gasteiger partial charge on any atom is 0.311 e. The number of nitrogens with zero attached hydrogens (tertiary/aromatic N) is 1. The quantitative estimate of drug-likeness (QED) is 0.651. The maximum atomic E-state index is 12.9. The van der Waals surface area contributed by atoms with Crippen LogP contribution < -0.4 is 5.32 Å². The summed E-state index contributed by atoms with van der Waals surface area (Å²) in [5, 5.41) is 4.92. The molecule has 1 N–H and O–H groups in total. The molecule has 0 aliphatic rings. The Labute approximate surface area is 159 Å². The van der Waals surface area contributed by atoms with Crippen LogP contribution >= 0.6 is 11.3 Å². The monoisotopic (exact) mass is 384 g/mol. The summed E-state index contributed by atoms with van der Waals surface area (Å²) >= 11 is 1.29. The molecule has 7 heteroatoms. The Morgan fingerprint density at radius 3 is 2.56 bits per heavy atom. The van der Waals surface area contributed by atoms with Crippen LogP contribution in [0.25, 0.3) is 11.3 Å². The smallest absolute Gasteiger partial charge is 0.311 e. The lowest BCUT2D eigenvalue weighted by Crippen LogP contribution is -2.30. The van der Waals surface area contributed by atoms with Gasteiger partial charge < -0.3 is 4.74 Å². The molecule has 5 nitrogen and oxygen atoms in total. The fraction of sp³-hybridized carbons (Fsp3) is 0.150. The van der Waals surface area contributed by atoms with E-state index in [0.29, 0.717) is 10.7 Å². The molecule has 1 atom stereocenters. The first-order chi connectivity index (χ1) is 13.0. The number of esters is 1. The second kappa shape index (κ2) is 8.55. The van der Waals surface area contributed by atoms with E-state index in [-0.39, 0.29) is 12.2 Å². The second-order valence-electron chi connectivity index (χ2n) is 5.83. The SMILES string of the molecule is C[C@@H](OC(=O)Cc1ccc(F)cc1)C(=O)Nc1nc(-c2ccccc2)cs1. The van der Waals surface area contributed by atoms with E-state index in [1.54, 1.807) is 0 Å². The molecule has 2 aromatic carbocycles. The van der Waals surface area contributed by atoms with Gasteiger partial charge in [-0.15, -0.1) is 11.3 Å². The van der Waals surface area contributed by atoms with Crippen LogP contribution in [-0.2, 0) is 20.7 Å². The van der Waals surface area contributed by atoms with Crippen LogP contribution in [0.2, 0.25) is 0 Å². The molecule has 27 heavy (non-hydrogen) atoms. The third-order valence-electron chi connectivity index (χ3n) is 3.74. The topological polar surface area (TPSA) is 68.3 Å². The van der Waals surface area contributed by atoms with Gasteiger partial charge in [0.05, 0.1) is 12.1 Å². The number of anilines is 1. The first kappa shape index (κ1) is 18.7. The van der Waals surface area contributed by atoms with Crippen LogP contribution in [-0.4, -0.2) is 23.0 Å². The fourth-order valence-corrected chi connectivity index (χ4v) is 3.06. The largest absolute Gasteiger partial charge is 0.452 e. The Kier molecular flexibility index (Phi) is 5.93. The Morgan fingerprint density at radius 2 is 1.85 bits per heavy atom. The number of carbonyl (C=O) groups excluding carboxylic acids is 2.